The predicted molar refractivity (Wildman–Crippen MR) is 75.8 cm³/mol. The van der Waals surface area contributed by atoms with Crippen LogP contribution in [0.25, 0.3) is 0 Å². The molecular weight excluding hydrogens is 335 g/mol. The molecule has 0 radical (unpaired) electrons. The topological polar surface area (TPSA) is 63.6 Å². The standard InChI is InChI=1S/C12H24O2.C3H4O2.Zr/c1-2-3-4-5-6-7-8-9-10-11-12(13)14;1-2-3(4)5;/h2-11H2,1H3,(H,13,14);2H,1H2,(H,4,5);/q;;+1/p-1. The van der Waals surface area contributed by atoms with Crippen LogP contribution in [0.2, 0.25) is 0 Å². The third kappa shape index (κ3) is 22.7. The second-order valence-corrected chi connectivity index (χ2v) is 5.10. The van der Waals surface area contributed by atoms with E-state index in [1.807, 2.05) is 0 Å². The van der Waals surface area contributed by atoms with Gasteiger partial charge >= 0.3 is 57.4 Å². The van der Waals surface area contributed by atoms with Crippen LogP contribution in [0.3, 0.4) is 0 Å². The minimum absolute atomic E-state index is 0.343. The molecule has 115 valence electrons. The Kier molecular flexibility index (Phi) is 20.3. The fourth-order valence-corrected chi connectivity index (χ4v) is 1.83. The molecule has 0 saturated heterocycles. The second-order valence-electron chi connectivity index (χ2n) is 4.60. The van der Waals surface area contributed by atoms with E-state index in [1.54, 1.807) is 0 Å². The molecule has 0 aromatic carbocycles. The minimum atomic E-state index is -0.659. The number of hydrogen-bond donors (Lipinski definition) is 1. The smallest absolute Gasteiger partial charge is 0.303 e. The Labute approximate surface area is 138 Å². The van der Waals surface area contributed by atoms with Crippen molar-refractivity contribution in [2.45, 2.75) is 71.1 Å². The van der Waals surface area contributed by atoms with Gasteiger partial charge < -0.3 is 5.11 Å². The minimum Gasteiger partial charge on any atom is -0.481 e. The van der Waals surface area contributed by atoms with Gasteiger partial charge in [0.05, 0.1) is 0 Å². The fourth-order valence-electron chi connectivity index (χ4n) is 1.63. The molecule has 0 spiro atoms. The number of carbonyl (C=O) groups excluding carboxylic acids is 1. The molecule has 1 N–H and O–H groups in total. The van der Waals surface area contributed by atoms with E-state index in [2.05, 4.69) is 16.3 Å². The Hall–Kier alpha value is -0.437. The summed E-state index contributed by atoms with van der Waals surface area (Å²) in [5.41, 5.74) is 0. The van der Waals surface area contributed by atoms with Gasteiger partial charge in [0.15, 0.2) is 0 Å². The Bertz CT molecular complexity index is 254. The van der Waals surface area contributed by atoms with E-state index < -0.39 is 5.97 Å². The fraction of sp³-hybridized carbons (Fsp3) is 0.733. The van der Waals surface area contributed by atoms with Crippen LogP contribution in [-0.4, -0.2) is 17.0 Å². The van der Waals surface area contributed by atoms with Crippen molar-refractivity contribution >= 4 is 11.9 Å². The summed E-state index contributed by atoms with van der Waals surface area (Å²) in [5.74, 6) is -1.01. The molecule has 0 aliphatic rings. The summed E-state index contributed by atoms with van der Waals surface area (Å²) in [6, 6.07) is 0. The van der Waals surface area contributed by atoms with Gasteiger partial charge in [0.1, 0.15) is 0 Å². The number of hydrogen-bond acceptors (Lipinski definition) is 3. The molecular formula is C15H27O4Zr. The van der Waals surface area contributed by atoms with E-state index in [1.165, 1.54) is 44.9 Å². The molecule has 0 aromatic heterocycles. The molecule has 0 aliphatic carbocycles. The Morgan fingerprint density at radius 1 is 1.05 bits per heavy atom. The van der Waals surface area contributed by atoms with Crippen molar-refractivity contribution in [3.05, 3.63) is 12.7 Å². The Balaban J connectivity index is 0. The number of carboxylic acid groups (broad SMARTS) is 1. The molecule has 0 aliphatic heterocycles. The van der Waals surface area contributed by atoms with Gasteiger partial charge in [-0.3, -0.25) is 4.79 Å². The first-order valence-corrected chi connectivity index (χ1v) is 8.30. The summed E-state index contributed by atoms with van der Waals surface area (Å²) in [5, 5.41) is 8.41. The summed E-state index contributed by atoms with van der Waals surface area (Å²) in [6.07, 6.45) is 12.6. The summed E-state index contributed by atoms with van der Waals surface area (Å²) in [6.45, 7) is 5.40. The largest absolute Gasteiger partial charge is 0.481 e. The quantitative estimate of drug-likeness (QED) is 0.442. The van der Waals surface area contributed by atoms with Crippen LogP contribution in [0.1, 0.15) is 71.1 Å². The predicted octanol–water partition coefficient (Wildman–Crippen LogP) is 4.17. The first kappa shape index (κ1) is 21.9. The van der Waals surface area contributed by atoms with Gasteiger partial charge in [0.2, 0.25) is 0 Å². The number of carbonyl (C=O) groups is 2. The van der Waals surface area contributed by atoms with E-state index in [0.717, 1.165) is 44.1 Å². The first-order valence-electron chi connectivity index (χ1n) is 7.30. The van der Waals surface area contributed by atoms with Crippen molar-refractivity contribution in [2.24, 2.45) is 0 Å². The van der Waals surface area contributed by atoms with E-state index in [-0.39, 0.29) is 5.97 Å². The monoisotopic (exact) mass is 361 g/mol. The van der Waals surface area contributed by atoms with Gasteiger partial charge in [0.25, 0.3) is 0 Å². The van der Waals surface area contributed by atoms with Crippen LogP contribution in [0.4, 0.5) is 0 Å². The molecule has 0 fully saturated rings. The summed E-state index contributed by atoms with van der Waals surface area (Å²) >= 11 is 0.760. The molecule has 20 heavy (non-hydrogen) atoms. The summed E-state index contributed by atoms with van der Waals surface area (Å²) in [7, 11) is 0. The van der Waals surface area contributed by atoms with Crippen LogP contribution in [0.15, 0.2) is 12.7 Å². The summed E-state index contributed by atoms with van der Waals surface area (Å²) in [4.78, 5) is 20.1. The SMILES string of the molecule is C=CC(=O)[O][Zr].CCCCCCCCCCCC(=O)O. The van der Waals surface area contributed by atoms with Crippen molar-refractivity contribution in [2.75, 3.05) is 0 Å². The van der Waals surface area contributed by atoms with Crippen LogP contribution >= 0.6 is 0 Å². The average molecular weight is 363 g/mol. The Morgan fingerprint density at radius 2 is 1.50 bits per heavy atom. The van der Waals surface area contributed by atoms with E-state index >= 15 is 0 Å². The average Bonchev–Trinajstić information content (AvgIpc) is 2.45. The van der Waals surface area contributed by atoms with Gasteiger partial charge in [-0.15, -0.1) is 0 Å². The summed E-state index contributed by atoms with van der Waals surface area (Å²) < 4.78 is 4.23. The van der Waals surface area contributed by atoms with E-state index in [4.69, 9.17) is 5.11 Å². The maximum absolute atomic E-state index is 10.2. The molecule has 0 aromatic rings. The molecule has 0 rings (SSSR count). The van der Waals surface area contributed by atoms with Crippen LogP contribution < -0.4 is 0 Å². The molecule has 0 atom stereocenters. The zero-order valence-electron chi connectivity index (χ0n) is 12.5. The second kappa shape index (κ2) is 18.6. The molecule has 0 amide bonds. The third-order valence-corrected chi connectivity index (χ3v) is 3.26. The third-order valence-electron chi connectivity index (χ3n) is 2.76. The molecule has 0 saturated carbocycles. The molecule has 0 unspecified atom stereocenters. The molecule has 0 heterocycles. The maximum Gasteiger partial charge on any atom is 0.303 e. The number of rotatable bonds is 11. The number of unbranched alkanes of at least 4 members (excludes halogenated alkanes) is 8. The zero-order valence-corrected chi connectivity index (χ0v) is 15.0. The van der Waals surface area contributed by atoms with Crippen molar-refractivity contribution in [1.29, 1.82) is 0 Å². The van der Waals surface area contributed by atoms with Gasteiger partial charge in [0, 0.05) is 6.42 Å². The van der Waals surface area contributed by atoms with Gasteiger partial charge in [-0.1, -0.05) is 58.3 Å². The molecule has 5 heteroatoms. The zero-order chi connectivity index (χ0) is 15.6. The van der Waals surface area contributed by atoms with Crippen LogP contribution in [0, 0.1) is 0 Å². The molecule has 4 nitrogen and oxygen atoms in total. The van der Waals surface area contributed by atoms with E-state index in [9.17, 15) is 9.59 Å². The van der Waals surface area contributed by atoms with Gasteiger partial charge in [-0.2, -0.15) is 0 Å². The van der Waals surface area contributed by atoms with Crippen molar-refractivity contribution < 1.29 is 42.7 Å². The van der Waals surface area contributed by atoms with Crippen molar-refractivity contribution in [3.8, 4) is 0 Å². The van der Waals surface area contributed by atoms with Crippen molar-refractivity contribution in [1.82, 2.24) is 0 Å². The maximum atomic E-state index is 10.2. The number of carboxylic acids is 1. The first-order chi connectivity index (χ1) is 9.58. The Morgan fingerprint density at radius 3 is 1.80 bits per heavy atom. The number of aliphatic carboxylic acids is 1. The van der Waals surface area contributed by atoms with Gasteiger partial charge in [-0.25, -0.2) is 0 Å². The van der Waals surface area contributed by atoms with Crippen molar-refractivity contribution in [3.63, 3.8) is 0 Å². The van der Waals surface area contributed by atoms with Crippen LogP contribution in [-0.2, 0) is 37.6 Å². The van der Waals surface area contributed by atoms with E-state index in [0.29, 0.717) is 6.42 Å². The normalized spacial score (nSPS) is 9.20. The molecule has 0 bridgehead atoms. The van der Waals surface area contributed by atoms with Crippen LogP contribution in [0.5, 0.6) is 0 Å². The van der Waals surface area contributed by atoms with Gasteiger partial charge in [-0.05, 0) is 6.42 Å².